The third-order valence-corrected chi connectivity index (χ3v) is 6.60. The van der Waals surface area contributed by atoms with Crippen molar-refractivity contribution in [1.29, 1.82) is 0 Å². The number of sulfone groups is 1. The van der Waals surface area contributed by atoms with Crippen molar-refractivity contribution in [2.45, 2.75) is 70.5 Å². The highest BCUT2D eigenvalue weighted by molar-refractivity contribution is 7.91. The minimum atomic E-state index is -3.31. The molecule has 1 aromatic rings. The van der Waals surface area contributed by atoms with Crippen molar-refractivity contribution in [2.24, 2.45) is 5.92 Å². The van der Waals surface area contributed by atoms with E-state index in [1.165, 1.54) is 11.1 Å². The van der Waals surface area contributed by atoms with Gasteiger partial charge in [-0.2, -0.15) is 4.80 Å². The van der Waals surface area contributed by atoms with Crippen LogP contribution in [0, 0.1) is 5.92 Å². The summed E-state index contributed by atoms with van der Waals surface area (Å²) in [7, 11) is -3.31. The fraction of sp³-hybridized carbons (Fsp3) is 0.929. The molecule has 2 heterocycles. The summed E-state index contributed by atoms with van der Waals surface area (Å²) in [5.74, 6) is 0.469. The molecule has 0 spiro atoms. The van der Waals surface area contributed by atoms with Gasteiger partial charge in [-0.15, -0.1) is 10.2 Å². The first-order chi connectivity index (χ1) is 9.75. The highest BCUT2D eigenvalue weighted by atomic mass is 32.2. The normalized spacial score (nSPS) is 24.6. The van der Waals surface area contributed by atoms with Gasteiger partial charge < -0.3 is 4.74 Å². The largest absolute Gasteiger partial charge is 0.369 e. The molecule has 126 valence electrons. The van der Waals surface area contributed by atoms with Gasteiger partial charge in [-0.05, 0) is 53.2 Å². The Kier molecular flexibility index (Phi) is 3.93. The molecule has 8 heteroatoms. The Hall–Kier alpha value is -1.02. The Morgan fingerprint density at radius 1 is 1.32 bits per heavy atom. The van der Waals surface area contributed by atoms with Gasteiger partial charge in [0.1, 0.15) is 4.75 Å². The molecule has 0 saturated carbocycles. The number of aromatic nitrogens is 4. The van der Waals surface area contributed by atoms with Gasteiger partial charge in [-0.3, -0.25) is 0 Å². The number of rotatable bonds is 4. The average molecular weight is 330 g/mol. The first-order valence-corrected chi connectivity index (χ1v) is 9.32. The summed E-state index contributed by atoms with van der Waals surface area (Å²) < 4.78 is 28.6. The van der Waals surface area contributed by atoms with Crippen LogP contribution in [0.1, 0.15) is 53.8 Å². The molecule has 1 aliphatic heterocycles. The zero-order chi connectivity index (χ0) is 17.0. The quantitative estimate of drug-likeness (QED) is 0.832. The lowest BCUT2D eigenvalue weighted by atomic mass is 9.87. The third kappa shape index (κ3) is 3.17. The molecule has 1 aromatic heterocycles. The van der Waals surface area contributed by atoms with Crippen LogP contribution in [-0.4, -0.2) is 46.1 Å². The Morgan fingerprint density at radius 3 is 2.36 bits per heavy atom. The maximum atomic E-state index is 11.9. The Labute approximate surface area is 132 Å². The van der Waals surface area contributed by atoms with Gasteiger partial charge in [0.25, 0.3) is 0 Å². The van der Waals surface area contributed by atoms with Gasteiger partial charge in [-0.25, -0.2) is 8.42 Å². The van der Waals surface area contributed by atoms with Gasteiger partial charge in [0.05, 0.1) is 17.7 Å². The van der Waals surface area contributed by atoms with E-state index in [1.807, 2.05) is 0 Å². The van der Waals surface area contributed by atoms with Gasteiger partial charge in [-0.1, -0.05) is 0 Å². The van der Waals surface area contributed by atoms with E-state index in [2.05, 4.69) is 43.1 Å². The van der Waals surface area contributed by atoms with E-state index in [-0.39, 0.29) is 22.9 Å². The topological polar surface area (TPSA) is 87.0 Å². The predicted octanol–water partition coefficient (Wildman–Crippen LogP) is 1.55. The molecule has 0 amide bonds. The fourth-order valence-electron chi connectivity index (χ4n) is 2.89. The van der Waals surface area contributed by atoms with Gasteiger partial charge in [0.2, 0.25) is 0 Å². The van der Waals surface area contributed by atoms with Crippen LogP contribution in [0.15, 0.2) is 0 Å². The molecule has 1 atom stereocenters. The predicted molar refractivity (Wildman–Crippen MR) is 83.0 cm³/mol. The molecule has 2 rings (SSSR count). The van der Waals surface area contributed by atoms with Crippen LogP contribution in [0.4, 0.5) is 0 Å². The van der Waals surface area contributed by atoms with E-state index < -0.39 is 14.6 Å². The zero-order valence-corrected chi connectivity index (χ0v) is 15.2. The lowest BCUT2D eigenvalue weighted by Gasteiger charge is -2.26. The maximum absolute atomic E-state index is 11.9. The summed E-state index contributed by atoms with van der Waals surface area (Å²) in [5.41, 5.74) is -0.451. The molecular formula is C14H26N4O3S. The number of hydrogen-bond donors (Lipinski definition) is 0. The third-order valence-electron chi connectivity index (χ3n) is 4.56. The number of tetrazole rings is 1. The highest BCUT2D eigenvalue weighted by Gasteiger charge is 2.46. The van der Waals surface area contributed by atoms with Gasteiger partial charge >= 0.3 is 0 Å². The summed E-state index contributed by atoms with van der Waals surface area (Å²) in [4.78, 5) is 1.49. The molecule has 7 nitrogen and oxygen atoms in total. The molecule has 1 fully saturated rings. The molecular weight excluding hydrogens is 304 g/mol. The zero-order valence-electron chi connectivity index (χ0n) is 14.4. The van der Waals surface area contributed by atoms with E-state index in [4.69, 9.17) is 4.74 Å². The van der Waals surface area contributed by atoms with Crippen LogP contribution in [0.25, 0.3) is 0 Å². The first-order valence-electron chi connectivity index (χ1n) is 7.43. The van der Waals surface area contributed by atoms with E-state index in [9.17, 15) is 8.42 Å². The standard InChI is InChI=1S/C14H26N4O3S/c1-12(2)8-10(13(3,4)21-12)9-18-16-11(15-17-18)14(5,6)22(7,19)20/h10H,8-9H2,1-7H3. The van der Waals surface area contributed by atoms with Crippen LogP contribution in [0.3, 0.4) is 0 Å². The number of ether oxygens (including phenoxy) is 1. The summed E-state index contributed by atoms with van der Waals surface area (Å²) in [6, 6.07) is 0. The van der Waals surface area contributed by atoms with Crippen LogP contribution in [-0.2, 0) is 25.9 Å². The second-order valence-electron chi connectivity index (χ2n) is 7.82. The first kappa shape index (κ1) is 17.3. The van der Waals surface area contributed by atoms with E-state index in [0.717, 1.165) is 6.42 Å². The number of hydrogen-bond acceptors (Lipinski definition) is 6. The fourth-order valence-corrected chi connectivity index (χ4v) is 3.30. The Bertz CT molecular complexity index is 661. The molecule has 22 heavy (non-hydrogen) atoms. The maximum Gasteiger partial charge on any atom is 0.195 e. The smallest absolute Gasteiger partial charge is 0.195 e. The molecule has 1 aliphatic rings. The van der Waals surface area contributed by atoms with Gasteiger partial charge in [0.15, 0.2) is 15.7 Å². The lowest BCUT2D eigenvalue weighted by molar-refractivity contribution is -0.0764. The summed E-state index contributed by atoms with van der Waals surface area (Å²) in [6.45, 7) is 12.0. The van der Waals surface area contributed by atoms with Crippen molar-refractivity contribution >= 4 is 9.84 Å². The highest BCUT2D eigenvalue weighted by Crippen LogP contribution is 2.42. The Morgan fingerprint density at radius 2 is 1.91 bits per heavy atom. The molecule has 0 bridgehead atoms. The second-order valence-corrected chi connectivity index (χ2v) is 10.4. The van der Waals surface area contributed by atoms with Crippen LogP contribution in [0.2, 0.25) is 0 Å². The number of nitrogens with zero attached hydrogens (tertiary/aromatic N) is 4. The average Bonchev–Trinajstić information content (AvgIpc) is 2.80. The van der Waals surface area contributed by atoms with E-state index >= 15 is 0 Å². The Balaban J connectivity index is 2.21. The molecule has 0 N–H and O–H groups in total. The summed E-state index contributed by atoms with van der Waals surface area (Å²) in [5, 5.41) is 12.3. The molecule has 1 unspecified atom stereocenters. The van der Waals surface area contributed by atoms with E-state index in [0.29, 0.717) is 6.54 Å². The van der Waals surface area contributed by atoms with Crippen molar-refractivity contribution in [3.63, 3.8) is 0 Å². The van der Waals surface area contributed by atoms with Crippen molar-refractivity contribution in [2.75, 3.05) is 6.26 Å². The van der Waals surface area contributed by atoms with Crippen molar-refractivity contribution in [1.82, 2.24) is 20.2 Å². The van der Waals surface area contributed by atoms with E-state index in [1.54, 1.807) is 13.8 Å². The summed E-state index contributed by atoms with van der Waals surface area (Å²) in [6.07, 6.45) is 2.08. The molecule has 0 radical (unpaired) electrons. The molecule has 0 aliphatic carbocycles. The van der Waals surface area contributed by atoms with Crippen LogP contribution >= 0.6 is 0 Å². The second kappa shape index (κ2) is 4.99. The monoisotopic (exact) mass is 330 g/mol. The van der Waals surface area contributed by atoms with Crippen molar-refractivity contribution in [3.8, 4) is 0 Å². The lowest BCUT2D eigenvalue weighted by Crippen LogP contribution is -2.32. The SMILES string of the molecule is CC1(C)CC(Cn2nnc(C(C)(C)S(C)(=O)=O)n2)C(C)(C)O1. The van der Waals surface area contributed by atoms with Crippen LogP contribution < -0.4 is 0 Å². The van der Waals surface area contributed by atoms with Crippen molar-refractivity contribution in [3.05, 3.63) is 5.82 Å². The molecule has 1 saturated heterocycles. The van der Waals surface area contributed by atoms with Gasteiger partial charge in [0, 0.05) is 12.2 Å². The summed E-state index contributed by atoms with van der Waals surface area (Å²) >= 11 is 0. The minimum absolute atomic E-state index is 0.177. The van der Waals surface area contributed by atoms with Crippen LogP contribution in [0.5, 0.6) is 0 Å². The minimum Gasteiger partial charge on any atom is -0.369 e. The molecule has 0 aromatic carbocycles. The van der Waals surface area contributed by atoms with Crippen molar-refractivity contribution < 1.29 is 13.2 Å².